The molecule has 1 aliphatic heterocycles. The maximum absolute atomic E-state index is 10.4. The third-order valence-electron chi connectivity index (χ3n) is 3.97. The van der Waals surface area contributed by atoms with E-state index in [0.29, 0.717) is 17.6 Å². The van der Waals surface area contributed by atoms with Crippen LogP contribution in [-0.2, 0) is 0 Å². The van der Waals surface area contributed by atoms with E-state index < -0.39 is 0 Å². The molecule has 0 bridgehead atoms. The Morgan fingerprint density at radius 2 is 2.00 bits per heavy atom. The third-order valence-corrected chi connectivity index (χ3v) is 3.97. The van der Waals surface area contributed by atoms with E-state index in [4.69, 9.17) is 5.73 Å². The number of hydrogen-bond acceptors (Lipinski definition) is 5. The van der Waals surface area contributed by atoms with Gasteiger partial charge in [-0.25, -0.2) is 0 Å². The van der Waals surface area contributed by atoms with Gasteiger partial charge in [0.15, 0.2) is 0 Å². The summed E-state index contributed by atoms with van der Waals surface area (Å²) < 4.78 is 0. The van der Waals surface area contributed by atoms with Crippen molar-refractivity contribution in [2.24, 2.45) is 16.8 Å². The fraction of sp³-hybridized carbons (Fsp3) is 0.600. The Bertz CT molecular complexity index is 412. The summed E-state index contributed by atoms with van der Waals surface area (Å²) in [6.07, 6.45) is 2.29. The SMILES string of the molecule is CC(CN)CNC1CCN(c2ccc(N=O)cc2)CC1. The van der Waals surface area contributed by atoms with Crippen LogP contribution in [0.4, 0.5) is 11.4 Å². The monoisotopic (exact) mass is 276 g/mol. The molecule has 0 saturated carbocycles. The summed E-state index contributed by atoms with van der Waals surface area (Å²) in [5, 5.41) is 6.53. The van der Waals surface area contributed by atoms with Gasteiger partial charge in [-0.1, -0.05) is 6.92 Å². The van der Waals surface area contributed by atoms with Crippen LogP contribution in [0.5, 0.6) is 0 Å². The maximum Gasteiger partial charge on any atom is 0.108 e. The summed E-state index contributed by atoms with van der Waals surface area (Å²) in [6.45, 7) is 6.00. The second-order valence-electron chi connectivity index (χ2n) is 5.62. The number of anilines is 1. The number of benzene rings is 1. The molecular formula is C15H24N4O. The molecule has 0 radical (unpaired) electrons. The van der Waals surface area contributed by atoms with Gasteiger partial charge >= 0.3 is 0 Å². The molecule has 3 N–H and O–H groups in total. The standard InChI is InChI=1S/C15H24N4O/c1-12(10-16)11-17-13-6-8-19(9-7-13)15-4-2-14(18-20)3-5-15/h2-5,12-13,17H,6-11,16H2,1H3. The molecule has 0 amide bonds. The van der Waals surface area contributed by atoms with Crippen LogP contribution in [-0.4, -0.2) is 32.2 Å². The van der Waals surface area contributed by atoms with Gasteiger partial charge in [-0.3, -0.25) is 0 Å². The molecule has 110 valence electrons. The molecule has 1 heterocycles. The van der Waals surface area contributed by atoms with Crippen molar-refractivity contribution in [3.05, 3.63) is 29.2 Å². The summed E-state index contributed by atoms with van der Waals surface area (Å²) in [5.74, 6) is 0.538. The molecule has 1 aromatic carbocycles. The molecule has 1 atom stereocenters. The molecule has 1 saturated heterocycles. The van der Waals surface area contributed by atoms with E-state index in [9.17, 15) is 4.91 Å². The molecule has 2 rings (SSSR count). The average molecular weight is 276 g/mol. The smallest absolute Gasteiger partial charge is 0.108 e. The molecule has 1 fully saturated rings. The summed E-state index contributed by atoms with van der Waals surface area (Å²) in [6, 6.07) is 8.09. The van der Waals surface area contributed by atoms with Crippen molar-refractivity contribution < 1.29 is 0 Å². The van der Waals surface area contributed by atoms with Gasteiger partial charge in [-0.2, -0.15) is 0 Å². The van der Waals surface area contributed by atoms with Gasteiger partial charge in [0.1, 0.15) is 5.69 Å². The first kappa shape index (κ1) is 14.9. The number of nitrogens with zero attached hydrogens (tertiary/aromatic N) is 2. The van der Waals surface area contributed by atoms with Crippen molar-refractivity contribution in [2.75, 3.05) is 31.1 Å². The predicted molar refractivity (Wildman–Crippen MR) is 83.4 cm³/mol. The molecular weight excluding hydrogens is 252 g/mol. The molecule has 1 aromatic rings. The zero-order chi connectivity index (χ0) is 14.4. The van der Waals surface area contributed by atoms with Gasteiger partial charge < -0.3 is 16.0 Å². The van der Waals surface area contributed by atoms with Crippen molar-refractivity contribution in [3.63, 3.8) is 0 Å². The van der Waals surface area contributed by atoms with E-state index >= 15 is 0 Å². The molecule has 5 heteroatoms. The highest BCUT2D eigenvalue weighted by Gasteiger charge is 2.19. The largest absolute Gasteiger partial charge is 0.371 e. The minimum Gasteiger partial charge on any atom is -0.371 e. The van der Waals surface area contributed by atoms with E-state index in [1.54, 1.807) is 12.1 Å². The first-order valence-corrected chi connectivity index (χ1v) is 7.34. The Labute approximate surface area is 120 Å². The fourth-order valence-electron chi connectivity index (χ4n) is 2.52. The van der Waals surface area contributed by atoms with Crippen molar-refractivity contribution in [3.8, 4) is 0 Å². The molecule has 0 aromatic heterocycles. The number of nitroso groups, excluding NO2 is 1. The van der Waals surface area contributed by atoms with Gasteiger partial charge in [0, 0.05) is 24.8 Å². The number of hydrogen-bond donors (Lipinski definition) is 2. The van der Waals surface area contributed by atoms with Crippen LogP contribution in [0, 0.1) is 10.8 Å². The van der Waals surface area contributed by atoms with Crippen molar-refractivity contribution in [1.29, 1.82) is 0 Å². The summed E-state index contributed by atoms with van der Waals surface area (Å²) in [4.78, 5) is 12.8. The average Bonchev–Trinajstić information content (AvgIpc) is 2.53. The van der Waals surface area contributed by atoms with Crippen molar-refractivity contribution in [1.82, 2.24) is 5.32 Å². The van der Waals surface area contributed by atoms with E-state index in [0.717, 1.165) is 39.0 Å². The Morgan fingerprint density at radius 3 is 2.55 bits per heavy atom. The third kappa shape index (κ3) is 4.02. The number of rotatable bonds is 6. The van der Waals surface area contributed by atoms with Gasteiger partial charge in [0.2, 0.25) is 0 Å². The number of nitrogens with one attached hydrogen (secondary N) is 1. The van der Waals surface area contributed by atoms with Crippen LogP contribution in [0.15, 0.2) is 29.4 Å². The topological polar surface area (TPSA) is 70.7 Å². The van der Waals surface area contributed by atoms with Gasteiger partial charge in [0.05, 0.1) is 0 Å². The second kappa shape index (κ2) is 7.36. The van der Waals surface area contributed by atoms with Crippen molar-refractivity contribution in [2.45, 2.75) is 25.8 Å². The lowest BCUT2D eigenvalue weighted by atomic mass is 10.0. The van der Waals surface area contributed by atoms with Crippen LogP contribution in [0.2, 0.25) is 0 Å². The van der Waals surface area contributed by atoms with Crippen molar-refractivity contribution >= 4 is 11.4 Å². The first-order chi connectivity index (χ1) is 9.72. The van der Waals surface area contributed by atoms with Crippen LogP contribution < -0.4 is 16.0 Å². The minimum atomic E-state index is 0.487. The summed E-state index contributed by atoms with van der Waals surface area (Å²) in [7, 11) is 0. The maximum atomic E-state index is 10.4. The number of piperidine rings is 1. The van der Waals surface area contributed by atoms with Gasteiger partial charge in [-0.05, 0) is 61.3 Å². The predicted octanol–water partition coefficient (Wildman–Crippen LogP) is 2.24. The molecule has 5 nitrogen and oxygen atoms in total. The Kier molecular flexibility index (Phi) is 5.49. The second-order valence-corrected chi connectivity index (χ2v) is 5.62. The fourth-order valence-corrected chi connectivity index (χ4v) is 2.52. The Hall–Kier alpha value is -1.46. The highest BCUT2D eigenvalue weighted by molar-refractivity contribution is 5.52. The van der Waals surface area contributed by atoms with Crippen LogP contribution in [0.1, 0.15) is 19.8 Å². The molecule has 1 aliphatic rings. The van der Waals surface area contributed by atoms with Crippen LogP contribution in [0.3, 0.4) is 0 Å². The molecule has 1 unspecified atom stereocenters. The molecule has 0 aliphatic carbocycles. The lowest BCUT2D eigenvalue weighted by Crippen LogP contribution is -2.44. The Morgan fingerprint density at radius 1 is 1.35 bits per heavy atom. The zero-order valence-electron chi connectivity index (χ0n) is 12.1. The van der Waals surface area contributed by atoms with E-state index in [1.807, 2.05) is 12.1 Å². The number of nitrogens with two attached hydrogens (primary N) is 1. The quantitative estimate of drug-likeness (QED) is 0.782. The summed E-state index contributed by atoms with van der Waals surface area (Å²) >= 11 is 0. The highest BCUT2D eigenvalue weighted by Crippen LogP contribution is 2.23. The van der Waals surface area contributed by atoms with Crippen LogP contribution >= 0.6 is 0 Å². The normalized spacial score (nSPS) is 18.0. The minimum absolute atomic E-state index is 0.487. The molecule has 20 heavy (non-hydrogen) atoms. The van der Waals surface area contributed by atoms with Gasteiger partial charge in [-0.15, -0.1) is 4.91 Å². The van der Waals surface area contributed by atoms with E-state index in [2.05, 4.69) is 22.3 Å². The lowest BCUT2D eigenvalue weighted by Gasteiger charge is -2.34. The van der Waals surface area contributed by atoms with E-state index in [-0.39, 0.29) is 0 Å². The lowest BCUT2D eigenvalue weighted by molar-refractivity contribution is 0.387. The van der Waals surface area contributed by atoms with Crippen LogP contribution in [0.25, 0.3) is 0 Å². The Balaban J connectivity index is 1.79. The zero-order valence-corrected chi connectivity index (χ0v) is 12.1. The highest BCUT2D eigenvalue weighted by atomic mass is 16.3. The van der Waals surface area contributed by atoms with Gasteiger partial charge in [0.25, 0.3) is 0 Å². The summed E-state index contributed by atoms with van der Waals surface area (Å²) in [5.41, 5.74) is 7.29. The molecule has 0 spiro atoms. The van der Waals surface area contributed by atoms with E-state index in [1.165, 1.54) is 5.69 Å². The first-order valence-electron chi connectivity index (χ1n) is 7.34.